The van der Waals surface area contributed by atoms with E-state index in [-0.39, 0.29) is 29.5 Å². The average Bonchev–Trinajstić information content (AvgIpc) is 2.70. The molecule has 0 aromatic heterocycles. The highest BCUT2D eigenvalue weighted by atomic mass is 32.2. The summed E-state index contributed by atoms with van der Waals surface area (Å²) in [5.41, 5.74) is 2.01. The lowest BCUT2D eigenvalue weighted by Gasteiger charge is -2.26. The summed E-state index contributed by atoms with van der Waals surface area (Å²) in [4.78, 5) is 24.2. The highest BCUT2D eigenvalue weighted by Crippen LogP contribution is 2.25. The van der Waals surface area contributed by atoms with Crippen LogP contribution in [-0.2, 0) is 19.6 Å². The maximum Gasteiger partial charge on any atom is 0.255 e. The predicted octanol–water partition coefficient (Wildman–Crippen LogP) is 2.23. The van der Waals surface area contributed by atoms with E-state index < -0.39 is 15.9 Å². The second kappa shape index (κ2) is 8.73. The van der Waals surface area contributed by atoms with Crippen LogP contribution < -0.4 is 10.6 Å². The Balaban J connectivity index is 1.85. The SMILES string of the molecule is CC(=O)Nc1ccc(C)cc1NC(=O)c1cccc(S(=O)(=O)N2CCOCC2)c1. The number of hydrogen-bond donors (Lipinski definition) is 2. The average molecular weight is 417 g/mol. The number of carbonyl (C=O) groups excluding carboxylic acids is 2. The fourth-order valence-corrected chi connectivity index (χ4v) is 4.44. The largest absolute Gasteiger partial charge is 0.379 e. The number of carbonyl (C=O) groups is 2. The molecular formula is C20H23N3O5S. The third-order valence-corrected chi connectivity index (χ3v) is 6.33. The molecule has 0 unspecified atom stereocenters. The molecule has 1 aliphatic heterocycles. The molecular weight excluding hydrogens is 394 g/mol. The van der Waals surface area contributed by atoms with Crippen LogP contribution in [0.4, 0.5) is 11.4 Å². The molecule has 1 saturated heterocycles. The van der Waals surface area contributed by atoms with Gasteiger partial charge in [0.25, 0.3) is 5.91 Å². The van der Waals surface area contributed by atoms with Gasteiger partial charge >= 0.3 is 0 Å². The van der Waals surface area contributed by atoms with Gasteiger partial charge < -0.3 is 15.4 Å². The first kappa shape index (κ1) is 21.0. The first-order valence-corrected chi connectivity index (χ1v) is 10.6. The second-order valence-electron chi connectivity index (χ2n) is 6.73. The number of amides is 2. The van der Waals surface area contributed by atoms with Gasteiger partial charge in [0.2, 0.25) is 15.9 Å². The van der Waals surface area contributed by atoms with E-state index >= 15 is 0 Å². The van der Waals surface area contributed by atoms with Crippen LogP contribution in [0.1, 0.15) is 22.8 Å². The minimum Gasteiger partial charge on any atom is -0.379 e. The fourth-order valence-electron chi connectivity index (χ4n) is 2.99. The van der Waals surface area contributed by atoms with Crippen LogP contribution in [-0.4, -0.2) is 50.8 Å². The van der Waals surface area contributed by atoms with Gasteiger partial charge in [0, 0.05) is 25.6 Å². The Morgan fingerprint density at radius 2 is 1.72 bits per heavy atom. The number of benzene rings is 2. The molecule has 3 rings (SSSR count). The molecule has 0 spiro atoms. The van der Waals surface area contributed by atoms with Crippen molar-refractivity contribution < 1.29 is 22.7 Å². The molecule has 154 valence electrons. The minimum atomic E-state index is -3.71. The van der Waals surface area contributed by atoms with Crippen LogP contribution in [0, 0.1) is 6.92 Å². The molecule has 2 aromatic rings. The molecule has 0 radical (unpaired) electrons. The van der Waals surface area contributed by atoms with Crippen molar-refractivity contribution >= 4 is 33.2 Å². The van der Waals surface area contributed by atoms with Gasteiger partial charge in [0.05, 0.1) is 29.5 Å². The molecule has 0 bridgehead atoms. The molecule has 2 N–H and O–H groups in total. The van der Waals surface area contributed by atoms with Crippen LogP contribution >= 0.6 is 0 Å². The van der Waals surface area contributed by atoms with E-state index in [2.05, 4.69) is 10.6 Å². The number of morpholine rings is 1. The van der Waals surface area contributed by atoms with Crippen LogP contribution in [0.25, 0.3) is 0 Å². The topological polar surface area (TPSA) is 105 Å². The molecule has 0 aliphatic carbocycles. The van der Waals surface area contributed by atoms with E-state index in [1.165, 1.54) is 29.4 Å². The molecule has 0 saturated carbocycles. The molecule has 1 heterocycles. The zero-order chi connectivity index (χ0) is 21.0. The zero-order valence-electron chi connectivity index (χ0n) is 16.3. The number of nitrogens with zero attached hydrogens (tertiary/aromatic N) is 1. The van der Waals surface area contributed by atoms with Gasteiger partial charge in [-0.25, -0.2) is 8.42 Å². The van der Waals surface area contributed by atoms with E-state index in [1.54, 1.807) is 18.2 Å². The Hall–Kier alpha value is -2.75. The van der Waals surface area contributed by atoms with Crippen LogP contribution in [0.2, 0.25) is 0 Å². The molecule has 1 fully saturated rings. The number of rotatable bonds is 5. The van der Waals surface area contributed by atoms with Crippen molar-refractivity contribution in [3.8, 4) is 0 Å². The second-order valence-corrected chi connectivity index (χ2v) is 8.67. The maximum absolute atomic E-state index is 12.8. The minimum absolute atomic E-state index is 0.0541. The van der Waals surface area contributed by atoms with E-state index in [1.807, 2.05) is 13.0 Å². The number of nitrogens with one attached hydrogen (secondary N) is 2. The summed E-state index contributed by atoms with van der Waals surface area (Å²) in [6, 6.07) is 11.2. The maximum atomic E-state index is 12.8. The van der Waals surface area contributed by atoms with Gasteiger partial charge in [0.15, 0.2) is 0 Å². The number of ether oxygens (including phenoxy) is 1. The Kier molecular flexibility index (Phi) is 6.31. The number of aryl methyl sites for hydroxylation is 1. The predicted molar refractivity (Wildman–Crippen MR) is 109 cm³/mol. The molecule has 1 aliphatic rings. The fraction of sp³-hybridized carbons (Fsp3) is 0.300. The van der Waals surface area contributed by atoms with Gasteiger partial charge in [-0.3, -0.25) is 9.59 Å². The van der Waals surface area contributed by atoms with Crippen molar-refractivity contribution in [3.05, 3.63) is 53.6 Å². The summed E-state index contributed by atoms with van der Waals surface area (Å²) >= 11 is 0. The van der Waals surface area contributed by atoms with Crippen molar-refractivity contribution in [1.82, 2.24) is 4.31 Å². The number of anilines is 2. The van der Waals surface area contributed by atoms with Gasteiger partial charge in [-0.2, -0.15) is 4.31 Å². The van der Waals surface area contributed by atoms with Crippen molar-refractivity contribution in [2.24, 2.45) is 0 Å². The highest BCUT2D eigenvalue weighted by Gasteiger charge is 2.27. The summed E-state index contributed by atoms with van der Waals surface area (Å²) in [5.74, 6) is -0.732. The first-order valence-electron chi connectivity index (χ1n) is 9.15. The standard InChI is InChI=1S/C20H23N3O5S/c1-14-6-7-18(21-15(2)24)19(12-14)22-20(25)16-4-3-5-17(13-16)29(26,27)23-8-10-28-11-9-23/h3-7,12-13H,8-11H2,1-2H3,(H,21,24)(H,22,25). The zero-order valence-corrected chi connectivity index (χ0v) is 17.1. The smallest absolute Gasteiger partial charge is 0.255 e. The van der Waals surface area contributed by atoms with Crippen molar-refractivity contribution in [3.63, 3.8) is 0 Å². The molecule has 29 heavy (non-hydrogen) atoms. The van der Waals surface area contributed by atoms with Gasteiger partial charge in [-0.15, -0.1) is 0 Å². The van der Waals surface area contributed by atoms with Crippen LogP contribution in [0.15, 0.2) is 47.4 Å². The molecule has 2 amide bonds. The van der Waals surface area contributed by atoms with Crippen LogP contribution in [0.3, 0.4) is 0 Å². The number of hydrogen-bond acceptors (Lipinski definition) is 5. The van der Waals surface area contributed by atoms with E-state index in [4.69, 9.17) is 4.74 Å². The third kappa shape index (κ3) is 5.00. The Morgan fingerprint density at radius 1 is 1.00 bits per heavy atom. The first-order chi connectivity index (χ1) is 13.8. The van der Waals surface area contributed by atoms with Crippen molar-refractivity contribution in [2.75, 3.05) is 36.9 Å². The van der Waals surface area contributed by atoms with Crippen LogP contribution in [0.5, 0.6) is 0 Å². The monoisotopic (exact) mass is 417 g/mol. The molecule has 9 heteroatoms. The summed E-state index contributed by atoms with van der Waals surface area (Å²) in [6.45, 7) is 4.50. The Bertz CT molecular complexity index is 1030. The number of sulfonamides is 1. The quantitative estimate of drug-likeness (QED) is 0.776. The molecule has 8 nitrogen and oxygen atoms in total. The lowest BCUT2D eigenvalue weighted by atomic mass is 10.1. The third-order valence-electron chi connectivity index (χ3n) is 4.44. The normalized spacial score (nSPS) is 15.0. The lowest BCUT2D eigenvalue weighted by molar-refractivity contribution is -0.114. The van der Waals surface area contributed by atoms with Gasteiger partial charge in [-0.05, 0) is 42.8 Å². The Morgan fingerprint density at radius 3 is 2.41 bits per heavy atom. The van der Waals surface area contributed by atoms with Crippen molar-refractivity contribution in [2.45, 2.75) is 18.7 Å². The summed E-state index contributed by atoms with van der Waals surface area (Å²) in [5, 5.41) is 5.42. The summed E-state index contributed by atoms with van der Waals surface area (Å²) in [6.07, 6.45) is 0. The summed E-state index contributed by atoms with van der Waals surface area (Å²) < 4.78 is 32.2. The van der Waals surface area contributed by atoms with E-state index in [0.29, 0.717) is 24.6 Å². The highest BCUT2D eigenvalue weighted by molar-refractivity contribution is 7.89. The van der Waals surface area contributed by atoms with Gasteiger partial charge in [-0.1, -0.05) is 12.1 Å². The molecule has 0 atom stereocenters. The van der Waals surface area contributed by atoms with Gasteiger partial charge in [0.1, 0.15) is 0 Å². The Labute approximate surface area is 169 Å². The summed E-state index contributed by atoms with van der Waals surface area (Å²) in [7, 11) is -3.71. The van der Waals surface area contributed by atoms with Crippen molar-refractivity contribution in [1.29, 1.82) is 0 Å². The van der Waals surface area contributed by atoms with E-state index in [0.717, 1.165) is 5.56 Å². The lowest BCUT2D eigenvalue weighted by Crippen LogP contribution is -2.40. The van der Waals surface area contributed by atoms with E-state index in [9.17, 15) is 18.0 Å². The molecule has 2 aromatic carbocycles.